The summed E-state index contributed by atoms with van der Waals surface area (Å²) >= 11 is 0. The van der Waals surface area contributed by atoms with E-state index in [-0.39, 0.29) is 11.4 Å². The maximum absolute atomic E-state index is 12.3. The first-order valence-electron chi connectivity index (χ1n) is 7.67. The molecule has 0 bridgehead atoms. The molecule has 1 saturated carbocycles. The molecule has 0 unspecified atom stereocenters. The molecule has 0 atom stereocenters. The first kappa shape index (κ1) is 15.8. The number of nitrogens with one attached hydrogen (secondary N) is 1. The van der Waals surface area contributed by atoms with Crippen LogP contribution in [0.1, 0.15) is 39.2 Å². The number of urea groups is 1. The fourth-order valence-corrected chi connectivity index (χ4v) is 2.66. The standard InChI is InChI=1S/C17H26N2O2/c1-4-19(13-16(2,3)21)15(20)18-12-17(10-11-17)14-8-6-5-7-9-14/h5-9,21H,4,10-13H2,1-3H3,(H,18,20). The van der Waals surface area contributed by atoms with Crippen LogP contribution >= 0.6 is 0 Å². The maximum atomic E-state index is 12.3. The lowest BCUT2D eigenvalue weighted by atomic mass is 9.96. The number of carbonyl (C=O) groups is 1. The highest BCUT2D eigenvalue weighted by atomic mass is 16.3. The third kappa shape index (κ3) is 4.21. The Balaban J connectivity index is 1.92. The topological polar surface area (TPSA) is 52.6 Å². The molecule has 0 radical (unpaired) electrons. The number of aliphatic hydroxyl groups is 1. The Bertz CT molecular complexity index is 475. The first-order chi connectivity index (χ1) is 9.86. The van der Waals surface area contributed by atoms with Gasteiger partial charge in [0.15, 0.2) is 0 Å². The van der Waals surface area contributed by atoms with E-state index in [1.807, 2.05) is 25.1 Å². The van der Waals surface area contributed by atoms with Crippen LogP contribution in [0.15, 0.2) is 30.3 Å². The minimum absolute atomic E-state index is 0.0955. The molecular formula is C17H26N2O2. The molecule has 1 aliphatic carbocycles. The van der Waals surface area contributed by atoms with Gasteiger partial charge in [0.05, 0.1) is 12.1 Å². The molecule has 0 heterocycles. The van der Waals surface area contributed by atoms with Crippen molar-refractivity contribution < 1.29 is 9.90 Å². The minimum Gasteiger partial charge on any atom is -0.389 e. The van der Waals surface area contributed by atoms with E-state index in [0.29, 0.717) is 19.6 Å². The molecule has 0 saturated heterocycles. The van der Waals surface area contributed by atoms with Gasteiger partial charge in [0, 0.05) is 18.5 Å². The summed E-state index contributed by atoms with van der Waals surface area (Å²) in [7, 11) is 0. The molecule has 0 aromatic heterocycles. The molecule has 0 aliphatic heterocycles. The van der Waals surface area contributed by atoms with E-state index in [0.717, 1.165) is 12.8 Å². The van der Waals surface area contributed by atoms with Gasteiger partial charge in [0.25, 0.3) is 0 Å². The van der Waals surface area contributed by atoms with Crippen molar-refractivity contribution in [3.05, 3.63) is 35.9 Å². The fourth-order valence-electron chi connectivity index (χ4n) is 2.66. The summed E-state index contributed by atoms with van der Waals surface area (Å²) < 4.78 is 0. The Kier molecular flexibility index (Phi) is 4.57. The zero-order valence-corrected chi connectivity index (χ0v) is 13.2. The number of nitrogens with zero attached hydrogens (tertiary/aromatic N) is 1. The summed E-state index contributed by atoms with van der Waals surface area (Å²) in [6.07, 6.45) is 2.24. The molecule has 0 spiro atoms. The maximum Gasteiger partial charge on any atom is 0.317 e. The Hall–Kier alpha value is -1.55. The molecule has 1 aromatic carbocycles. The van der Waals surface area contributed by atoms with Crippen molar-refractivity contribution in [2.24, 2.45) is 0 Å². The minimum atomic E-state index is -0.871. The van der Waals surface area contributed by atoms with Crippen molar-refractivity contribution in [1.82, 2.24) is 10.2 Å². The predicted octanol–water partition coefficient (Wildman–Crippen LogP) is 2.52. The van der Waals surface area contributed by atoms with E-state index < -0.39 is 5.60 Å². The van der Waals surface area contributed by atoms with Crippen molar-refractivity contribution in [2.75, 3.05) is 19.6 Å². The Morgan fingerprint density at radius 2 is 1.95 bits per heavy atom. The van der Waals surface area contributed by atoms with Gasteiger partial charge in [-0.25, -0.2) is 4.79 Å². The summed E-state index contributed by atoms with van der Waals surface area (Å²) in [6.45, 7) is 6.96. The third-order valence-electron chi connectivity index (χ3n) is 4.06. The summed E-state index contributed by atoms with van der Waals surface area (Å²) in [5, 5.41) is 12.9. The SMILES string of the molecule is CCN(CC(C)(C)O)C(=O)NCC1(c2ccccc2)CC1. The monoisotopic (exact) mass is 290 g/mol. The highest BCUT2D eigenvalue weighted by Crippen LogP contribution is 2.47. The van der Waals surface area contributed by atoms with Crippen LogP contribution in [0.25, 0.3) is 0 Å². The number of benzene rings is 1. The quantitative estimate of drug-likeness (QED) is 0.846. The van der Waals surface area contributed by atoms with Crippen LogP contribution in [-0.4, -0.2) is 41.3 Å². The molecule has 2 rings (SSSR count). The Morgan fingerprint density at radius 1 is 1.33 bits per heavy atom. The second kappa shape index (κ2) is 6.06. The molecular weight excluding hydrogens is 264 g/mol. The highest BCUT2D eigenvalue weighted by molar-refractivity contribution is 5.74. The summed E-state index contributed by atoms with van der Waals surface area (Å²) in [4.78, 5) is 13.9. The molecule has 1 aliphatic rings. The van der Waals surface area contributed by atoms with Gasteiger partial charge in [-0.15, -0.1) is 0 Å². The van der Waals surface area contributed by atoms with Gasteiger partial charge >= 0.3 is 6.03 Å². The second-order valence-corrected chi connectivity index (χ2v) is 6.63. The summed E-state index contributed by atoms with van der Waals surface area (Å²) in [5.74, 6) is 0. The molecule has 2 N–H and O–H groups in total. The van der Waals surface area contributed by atoms with E-state index in [9.17, 15) is 9.90 Å². The number of hydrogen-bond acceptors (Lipinski definition) is 2. The number of carbonyl (C=O) groups excluding carboxylic acids is 1. The number of rotatable bonds is 6. The molecule has 2 amide bonds. The van der Waals surface area contributed by atoms with Gasteiger partial charge in [0.1, 0.15) is 0 Å². The zero-order chi connectivity index (χ0) is 15.5. The van der Waals surface area contributed by atoms with Gasteiger partial charge in [-0.1, -0.05) is 30.3 Å². The first-order valence-corrected chi connectivity index (χ1v) is 7.67. The van der Waals surface area contributed by atoms with Crippen LogP contribution in [0.2, 0.25) is 0 Å². The van der Waals surface area contributed by atoms with E-state index in [1.54, 1.807) is 18.7 Å². The van der Waals surface area contributed by atoms with Gasteiger partial charge < -0.3 is 15.3 Å². The van der Waals surface area contributed by atoms with Gasteiger partial charge in [-0.05, 0) is 39.2 Å². The van der Waals surface area contributed by atoms with Crippen molar-refractivity contribution >= 4 is 6.03 Å². The molecule has 1 fully saturated rings. The lowest BCUT2D eigenvalue weighted by molar-refractivity contribution is 0.0479. The van der Waals surface area contributed by atoms with Gasteiger partial charge in [0.2, 0.25) is 0 Å². The Morgan fingerprint density at radius 3 is 2.43 bits per heavy atom. The molecule has 4 heteroatoms. The van der Waals surface area contributed by atoms with Crippen LogP contribution < -0.4 is 5.32 Å². The summed E-state index contributed by atoms with van der Waals surface area (Å²) in [5.41, 5.74) is 0.547. The average molecular weight is 290 g/mol. The van der Waals surface area contributed by atoms with E-state index in [2.05, 4.69) is 17.4 Å². The highest BCUT2D eigenvalue weighted by Gasteiger charge is 2.44. The molecule has 21 heavy (non-hydrogen) atoms. The second-order valence-electron chi connectivity index (χ2n) is 6.63. The van der Waals surface area contributed by atoms with E-state index in [1.165, 1.54) is 5.56 Å². The molecule has 116 valence electrons. The van der Waals surface area contributed by atoms with Crippen molar-refractivity contribution in [3.8, 4) is 0 Å². The zero-order valence-electron chi connectivity index (χ0n) is 13.2. The average Bonchev–Trinajstić information content (AvgIpc) is 3.23. The number of amides is 2. The smallest absolute Gasteiger partial charge is 0.317 e. The largest absolute Gasteiger partial charge is 0.389 e. The van der Waals surface area contributed by atoms with Crippen LogP contribution in [0.3, 0.4) is 0 Å². The molecule has 1 aromatic rings. The van der Waals surface area contributed by atoms with Gasteiger partial charge in [-0.3, -0.25) is 0 Å². The van der Waals surface area contributed by atoms with Crippen LogP contribution in [0.4, 0.5) is 4.79 Å². The van der Waals surface area contributed by atoms with Crippen LogP contribution in [0.5, 0.6) is 0 Å². The van der Waals surface area contributed by atoms with Crippen molar-refractivity contribution in [3.63, 3.8) is 0 Å². The number of likely N-dealkylation sites (N-methyl/N-ethyl adjacent to an activating group) is 1. The van der Waals surface area contributed by atoms with Crippen LogP contribution in [-0.2, 0) is 5.41 Å². The number of hydrogen-bond donors (Lipinski definition) is 2. The predicted molar refractivity (Wildman–Crippen MR) is 84.3 cm³/mol. The van der Waals surface area contributed by atoms with Crippen molar-refractivity contribution in [2.45, 2.75) is 44.6 Å². The molecule has 4 nitrogen and oxygen atoms in total. The lowest BCUT2D eigenvalue weighted by Crippen LogP contribution is -2.48. The van der Waals surface area contributed by atoms with Crippen molar-refractivity contribution in [1.29, 1.82) is 0 Å². The van der Waals surface area contributed by atoms with E-state index >= 15 is 0 Å². The Labute approximate surface area is 127 Å². The third-order valence-corrected chi connectivity index (χ3v) is 4.06. The van der Waals surface area contributed by atoms with E-state index in [4.69, 9.17) is 0 Å². The fraction of sp³-hybridized carbons (Fsp3) is 0.588. The lowest BCUT2D eigenvalue weighted by Gasteiger charge is -2.29. The van der Waals surface area contributed by atoms with Gasteiger partial charge in [-0.2, -0.15) is 0 Å². The summed E-state index contributed by atoms with van der Waals surface area (Å²) in [6, 6.07) is 10.3. The normalized spacial score (nSPS) is 16.4. The van der Waals surface area contributed by atoms with Crippen LogP contribution in [0, 0.1) is 0 Å².